The van der Waals surface area contributed by atoms with Gasteiger partial charge in [-0.05, 0) is 40.3 Å². The van der Waals surface area contributed by atoms with Crippen molar-refractivity contribution in [1.29, 1.82) is 0 Å². The number of hydrogen-bond donors (Lipinski definition) is 1. The summed E-state index contributed by atoms with van der Waals surface area (Å²) in [4.78, 5) is 25.4. The first-order valence-electron chi connectivity index (χ1n) is 8.85. The first kappa shape index (κ1) is 18.7. The van der Waals surface area contributed by atoms with Crippen LogP contribution in [0.15, 0.2) is 6.07 Å². The topological polar surface area (TPSA) is 87.1 Å². The van der Waals surface area contributed by atoms with Crippen molar-refractivity contribution in [2.45, 2.75) is 39.2 Å². The number of nitrogens with zero attached hydrogens (tertiary/aromatic N) is 6. The van der Waals surface area contributed by atoms with Crippen molar-refractivity contribution in [3.8, 4) is 0 Å². The largest absolute Gasteiger partial charge is 0.333 e. The lowest BCUT2D eigenvalue weighted by molar-refractivity contribution is -0.132. The fraction of sp³-hybridized carbons (Fsp3) is 0.588. The normalized spacial score (nSPS) is 17.1. The predicted molar refractivity (Wildman–Crippen MR) is 102 cm³/mol. The zero-order chi connectivity index (χ0) is 18.7. The van der Waals surface area contributed by atoms with Crippen molar-refractivity contribution in [1.82, 2.24) is 30.0 Å². The molecule has 3 heterocycles. The number of anilines is 2. The van der Waals surface area contributed by atoms with Gasteiger partial charge in [0.15, 0.2) is 0 Å². The number of nitrogens with one attached hydrogen (secondary N) is 1. The second-order valence-corrected chi connectivity index (χ2v) is 7.75. The van der Waals surface area contributed by atoms with Crippen molar-refractivity contribution in [2.75, 3.05) is 32.5 Å². The number of aromatic nitrogens is 4. The van der Waals surface area contributed by atoms with Crippen molar-refractivity contribution < 1.29 is 4.79 Å². The van der Waals surface area contributed by atoms with Gasteiger partial charge in [-0.25, -0.2) is 9.97 Å². The highest BCUT2D eigenvalue weighted by molar-refractivity contribution is 7.15. The van der Waals surface area contributed by atoms with Crippen LogP contribution in [0, 0.1) is 6.92 Å². The zero-order valence-corrected chi connectivity index (χ0v) is 16.5. The van der Waals surface area contributed by atoms with Gasteiger partial charge in [-0.15, -0.1) is 10.2 Å². The molecule has 1 aliphatic heterocycles. The summed E-state index contributed by atoms with van der Waals surface area (Å²) in [5.41, 5.74) is 0.879. The molecule has 0 saturated carbocycles. The molecule has 0 spiro atoms. The minimum Gasteiger partial charge on any atom is -0.333 e. The average molecular weight is 376 g/mol. The van der Waals surface area contributed by atoms with Gasteiger partial charge in [-0.2, -0.15) is 0 Å². The van der Waals surface area contributed by atoms with Crippen LogP contribution in [0.4, 0.5) is 10.9 Å². The van der Waals surface area contributed by atoms with Crippen LogP contribution >= 0.6 is 11.3 Å². The minimum atomic E-state index is 0.00493. The van der Waals surface area contributed by atoms with Crippen molar-refractivity contribution >= 4 is 28.2 Å². The lowest BCUT2D eigenvalue weighted by atomic mass is 10.1. The maximum Gasteiger partial charge on any atom is 0.237 e. The number of carbonyl (C=O) groups is 1. The first-order chi connectivity index (χ1) is 12.5. The monoisotopic (exact) mass is 375 g/mol. The number of likely N-dealkylation sites (N-methyl/N-ethyl adjacent to an activating group) is 1. The van der Waals surface area contributed by atoms with Crippen LogP contribution in [0.25, 0.3) is 0 Å². The maximum absolute atomic E-state index is 12.5. The van der Waals surface area contributed by atoms with Crippen LogP contribution in [0.1, 0.15) is 42.3 Å². The predicted octanol–water partition coefficient (Wildman–Crippen LogP) is 2.17. The summed E-state index contributed by atoms with van der Waals surface area (Å²) < 4.78 is 0. The Balaban J connectivity index is 1.81. The van der Waals surface area contributed by atoms with Crippen LogP contribution in [0.2, 0.25) is 0 Å². The number of likely N-dealkylation sites (tertiary alicyclic amines) is 1. The molecule has 1 N–H and O–H groups in total. The van der Waals surface area contributed by atoms with E-state index >= 15 is 0 Å². The van der Waals surface area contributed by atoms with Crippen LogP contribution in [0.3, 0.4) is 0 Å². The molecule has 1 aliphatic rings. The first-order valence-corrected chi connectivity index (χ1v) is 9.67. The fourth-order valence-electron chi connectivity index (χ4n) is 3.12. The van der Waals surface area contributed by atoms with Crippen LogP contribution in [-0.2, 0) is 11.2 Å². The number of hydrogen-bond acceptors (Lipinski definition) is 8. The van der Waals surface area contributed by atoms with Crippen molar-refractivity contribution in [3.63, 3.8) is 0 Å². The number of rotatable bonds is 6. The van der Waals surface area contributed by atoms with Gasteiger partial charge in [-0.1, -0.05) is 18.3 Å². The Kier molecular flexibility index (Phi) is 5.77. The summed E-state index contributed by atoms with van der Waals surface area (Å²) >= 11 is 1.52. The molecular weight excluding hydrogens is 350 g/mol. The third-order valence-electron chi connectivity index (χ3n) is 4.23. The van der Waals surface area contributed by atoms with Gasteiger partial charge in [-0.3, -0.25) is 4.79 Å². The van der Waals surface area contributed by atoms with Gasteiger partial charge < -0.3 is 15.1 Å². The number of carbonyl (C=O) groups excluding carboxylic acids is 1. The minimum absolute atomic E-state index is 0.00493. The van der Waals surface area contributed by atoms with E-state index in [1.165, 1.54) is 11.3 Å². The van der Waals surface area contributed by atoms with E-state index in [0.29, 0.717) is 18.2 Å². The summed E-state index contributed by atoms with van der Waals surface area (Å²) in [6.07, 6.45) is 2.78. The summed E-state index contributed by atoms with van der Waals surface area (Å²) in [6, 6.07) is 1.93. The van der Waals surface area contributed by atoms with Gasteiger partial charge >= 0.3 is 0 Å². The molecule has 0 unspecified atom stereocenters. The summed E-state index contributed by atoms with van der Waals surface area (Å²) in [6.45, 7) is 5.11. The average Bonchev–Trinajstić information content (AvgIpc) is 3.22. The highest BCUT2D eigenvalue weighted by atomic mass is 32.1. The Labute approximate surface area is 157 Å². The number of aryl methyl sites for hydroxylation is 2. The summed E-state index contributed by atoms with van der Waals surface area (Å²) in [5, 5.41) is 13.2. The fourth-order valence-corrected chi connectivity index (χ4v) is 3.80. The molecule has 1 fully saturated rings. The third kappa shape index (κ3) is 4.34. The van der Waals surface area contributed by atoms with Crippen LogP contribution in [0.5, 0.6) is 0 Å². The van der Waals surface area contributed by atoms with E-state index in [-0.39, 0.29) is 11.9 Å². The lowest BCUT2D eigenvalue weighted by Gasteiger charge is -2.26. The lowest BCUT2D eigenvalue weighted by Crippen LogP contribution is -2.37. The van der Waals surface area contributed by atoms with E-state index < -0.39 is 0 Å². The quantitative estimate of drug-likeness (QED) is 0.828. The second kappa shape index (κ2) is 8.05. The molecule has 1 saturated heterocycles. The SMILES string of the molecule is CCc1nnc(Nc2cc([C@@H]3CCCN3C(=O)CN(C)C)nc(C)n2)s1. The Bertz CT molecular complexity index is 776. The molecule has 1 amide bonds. The standard InChI is InChI=1S/C17H25N7OS/c1-5-15-21-22-17(26-15)20-14-9-12(18-11(2)19-14)13-7-6-8-24(13)16(25)10-23(3)4/h9,13H,5-8,10H2,1-4H3,(H,18,19,20,22)/t13-/m0/s1. The molecule has 0 radical (unpaired) electrons. The molecule has 2 aromatic rings. The summed E-state index contributed by atoms with van der Waals surface area (Å²) in [7, 11) is 3.82. The van der Waals surface area contributed by atoms with Gasteiger partial charge in [0.2, 0.25) is 11.0 Å². The van der Waals surface area contributed by atoms with Crippen LogP contribution < -0.4 is 5.32 Å². The van der Waals surface area contributed by atoms with Gasteiger partial charge in [0.1, 0.15) is 16.6 Å². The summed E-state index contributed by atoms with van der Waals surface area (Å²) in [5.74, 6) is 1.51. The molecule has 8 nitrogen and oxygen atoms in total. The molecule has 0 aliphatic carbocycles. The molecule has 140 valence electrons. The van der Waals surface area contributed by atoms with E-state index in [0.717, 1.165) is 41.6 Å². The van der Waals surface area contributed by atoms with E-state index in [9.17, 15) is 4.79 Å². The molecule has 2 aromatic heterocycles. The Morgan fingerprint density at radius 2 is 2.19 bits per heavy atom. The van der Waals surface area contributed by atoms with E-state index in [4.69, 9.17) is 0 Å². The molecule has 0 aromatic carbocycles. The highest BCUT2D eigenvalue weighted by Gasteiger charge is 2.31. The smallest absolute Gasteiger partial charge is 0.237 e. The van der Waals surface area contributed by atoms with Crippen molar-refractivity contribution in [3.05, 3.63) is 22.6 Å². The Hall–Kier alpha value is -2.13. The van der Waals surface area contributed by atoms with Crippen molar-refractivity contribution in [2.24, 2.45) is 0 Å². The van der Waals surface area contributed by atoms with E-state index in [1.807, 2.05) is 36.9 Å². The molecule has 26 heavy (non-hydrogen) atoms. The Morgan fingerprint density at radius 3 is 2.88 bits per heavy atom. The molecule has 0 bridgehead atoms. The molecule has 9 heteroatoms. The molecule has 3 rings (SSSR count). The number of amides is 1. The van der Waals surface area contributed by atoms with Gasteiger partial charge in [0.25, 0.3) is 0 Å². The second-order valence-electron chi connectivity index (χ2n) is 6.69. The molecular formula is C17H25N7OS. The van der Waals surface area contributed by atoms with Gasteiger partial charge in [0.05, 0.1) is 18.3 Å². The van der Waals surface area contributed by atoms with E-state index in [2.05, 4.69) is 32.4 Å². The molecule has 1 atom stereocenters. The highest BCUT2D eigenvalue weighted by Crippen LogP contribution is 2.32. The maximum atomic E-state index is 12.5. The zero-order valence-electron chi connectivity index (χ0n) is 15.7. The van der Waals surface area contributed by atoms with Gasteiger partial charge in [0, 0.05) is 12.6 Å². The van der Waals surface area contributed by atoms with Crippen LogP contribution in [-0.4, -0.2) is 63.1 Å². The third-order valence-corrected chi connectivity index (χ3v) is 5.21. The van der Waals surface area contributed by atoms with E-state index in [1.54, 1.807) is 0 Å². The Morgan fingerprint density at radius 1 is 1.38 bits per heavy atom.